The van der Waals surface area contributed by atoms with Crippen LogP contribution in [0, 0.1) is 0 Å². The molecule has 1 fully saturated rings. The molecule has 1 amide bonds. The van der Waals surface area contributed by atoms with E-state index < -0.39 is 0 Å². The number of aromatic nitrogens is 1. The largest absolute Gasteiger partial charge is 0.493 e. The Kier molecular flexibility index (Phi) is 6.55. The van der Waals surface area contributed by atoms with Gasteiger partial charge in [-0.3, -0.25) is 4.79 Å². The summed E-state index contributed by atoms with van der Waals surface area (Å²) < 4.78 is 27.9. The smallest absolute Gasteiger partial charge is 0.251 e. The molecule has 8 nitrogen and oxygen atoms in total. The molecular weight excluding hydrogens is 456 g/mol. The monoisotopic (exact) mass is 482 g/mol. The maximum absolute atomic E-state index is 13.1. The fourth-order valence-electron chi connectivity index (χ4n) is 4.30. The van der Waals surface area contributed by atoms with Crippen LogP contribution in [-0.4, -0.2) is 44.6 Å². The van der Waals surface area contributed by atoms with E-state index in [1.165, 1.54) is 11.3 Å². The first-order valence-electron chi connectivity index (χ1n) is 11.1. The van der Waals surface area contributed by atoms with Crippen LogP contribution in [0.5, 0.6) is 23.0 Å². The van der Waals surface area contributed by atoms with Crippen LogP contribution in [0.25, 0.3) is 0 Å². The van der Waals surface area contributed by atoms with Crippen LogP contribution in [0.3, 0.4) is 0 Å². The minimum atomic E-state index is -0.241. The average molecular weight is 483 g/mol. The van der Waals surface area contributed by atoms with Gasteiger partial charge in [0.05, 0.1) is 18.3 Å². The Balaban J connectivity index is 1.29. The van der Waals surface area contributed by atoms with Crippen LogP contribution in [-0.2, 0) is 16.8 Å². The molecule has 3 aromatic rings. The Morgan fingerprint density at radius 2 is 1.97 bits per heavy atom. The molecule has 9 heteroatoms. The summed E-state index contributed by atoms with van der Waals surface area (Å²) in [7, 11) is 1.56. The highest BCUT2D eigenvalue weighted by molar-refractivity contribution is 7.07. The standard InChI is InChI=1S/C25H26N2O6S/c1-29-22-10-17(2-4-20(22)31-12-19-13-34-15-27-19)24(28)26-14-25(6-8-30-9-7-25)18-3-5-21-23(11-18)33-16-32-21/h2-5,10-11,13,15H,6-9,12,14,16H2,1H3,(H,26,28). The predicted octanol–water partition coefficient (Wildman–Crippen LogP) is 3.94. The van der Waals surface area contributed by atoms with Crippen molar-refractivity contribution in [1.29, 1.82) is 0 Å². The molecule has 0 atom stereocenters. The number of hydrogen-bond donors (Lipinski definition) is 1. The molecule has 0 unspecified atom stereocenters. The number of benzene rings is 2. The van der Waals surface area contributed by atoms with Gasteiger partial charge in [0.2, 0.25) is 6.79 Å². The van der Waals surface area contributed by atoms with Crippen molar-refractivity contribution in [3.05, 3.63) is 64.1 Å². The summed E-state index contributed by atoms with van der Waals surface area (Å²) in [4.78, 5) is 17.3. The van der Waals surface area contributed by atoms with Crippen LogP contribution >= 0.6 is 11.3 Å². The lowest BCUT2D eigenvalue weighted by atomic mass is 9.74. The summed E-state index contributed by atoms with van der Waals surface area (Å²) in [5.41, 5.74) is 3.99. The molecule has 2 aromatic carbocycles. The highest BCUT2D eigenvalue weighted by atomic mass is 32.1. The number of amides is 1. The van der Waals surface area contributed by atoms with Gasteiger partial charge in [-0.1, -0.05) is 6.07 Å². The Labute approximate surface area is 201 Å². The molecule has 1 N–H and O–H groups in total. The maximum Gasteiger partial charge on any atom is 0.251 e. The number of methoxy groups -OCH3 is 1. The van der Waals surface area contributed by atoms with Crippen LogP contribution in [0.1, 0.15) is 34.5 Å². The molecule has 0 saturated carbocycles. The third-order valence-electron chi connectivity index (χ3n) is 6.31. The molecule has 34 heavy (non-hydrogen) atoms. The minimum absolute atomic E-state index is 0.170. The van der Waals surface area contributed by atoms with E-state index in [0.29, 0.717) is 43.4 Å². The first-order chi connectivity index (χ1) is 16.7. The number of nitrogens with one attached hydrogen (secondary N) is 1. The zero-order valence-electron chi connectivity index (χ0n) is 18.9. The van der Waals surface area contributed by atoms with Gasteiger partial charge in [0, 0.05) is 36.1 Å². The lowest BCUT2D eigenvalue weighted by Crippen LogP contribution is -2.44. The number of fused-ring (bicyclic) bond motifs is 1. The van der Waals surface area contributed by atoms with Gasteiger partial charge in [0.1, 0.15) is 6.61 Å². The van der Waals surface area contributed by atoms with Gasteiger partial charge in [-0.25, -0.2) is 4.98 Å². The van der Waals surface area contributed by atoms with Crippen molar-refractivity contribution < 1.29 is 28.5 Å². The SMILES string of the molecule is COc1cc(C(=O)NCC2(c3ccc4c(c3)OCO4)CCOCC2)ccc1OCc1cscn1. The number of ether oxygens (including phenoxy) is 5. The molecule has 0 aliphatic carbocycles. The van der Waals surface area contributed by atoms with E-state index >= 15 is 0 Å². The fraction of sp³-hybridized carbons (Fsp3) is 0.360. The summed E-state index contributed by atoms with van der Waals surface area (Å²) in [6.45, 7) is 2.34. The normalized spacial score (nSPS) is 16.1. The van der Waals surface area contributed by atoms with Crippen molar-refractivity contribution in [2.75, 3.05) is 33.7 Å². The molecule has 0 radical (unpaired) electrons. The van der Waals surface area contributed by atoms with Crippen LogP contribution < -0.4 is 24.3 Å². The molecular formula is C25H26N2O6S. The van der Waals surface area contributed by atoms with E-state index in [9.17, 15) is 4.79 Å². The Morgan fingerprint density at radius 3 is 2.76 bits per heavy atom. The van der Waals surface area contributed by atoms with Gasteiger partial charge < -0.3 is 29.0 Å². The van der Waals surface area contributed by atoms with Crippen LogP contribution in [0.2, 0.25) is 0 Å². The number of carbonyl (C=O) groups is 1. The van der Waals surface area contributed by atoms with Crippen molar-refractivity contribution in [1.82, 2.24) is 10.3 Å². The first-order valence-corrected chi connectivity index (χ1v) is 12.1. The van der Waals surface area contributed by atoms with Crippen molar-refractivity contribution >= 4 is 17.2 Å². The van der Waals surface area contributed by atoms with E-state index in [4.69, 9.17) is 23.7 Å². The zero-order valence-corrected chi connectivity index (χ0v) is 19.7. The molecule has 1 aromatic heterocycles. The quantitative estimate of drug-likeness (QED) is 0.520. The number of hydrogen-bond acceptors (Lipinski definition) is 8. The van der Waals surface area contributed by atoms with Crippen LogP contribution in [0.15, 0.2) is 47.3 Å². The molecule has 0 spiro atoms. The topological polar surface area (TPSA) is 88.1 Å². The van der Waals surface area contributed by atoms with Gasteiger partial charge >= 0.3 is 0 Å². The van der Waals surface area contributed by atoms with Gasteiger partial charge in [-0.2, -0.15) is 0 Å². The van der Waals surface area contributed by atoms with Gasteiger partial charge in [-0.05, 0) is 48.7 Å². The summed E-state index contributed by atoms with van der Waals surface area (Å²) in [6, 6.07) is 11.2. The minimum Gasteiger partial charge on any atom is -0.493 e. The highest BCUT2D eigenvalue weighted by Crippen LogP contribution is 2.40. The highest BCUT2D eigenvalue weighted by Gasteiger charge is 2.36. The number of rotatable bonds is 8. The second kappa shape index (κ2) is 9.90. The lowest BCUT2D eigenvalue weighted by Gasteiger charge is -2.38. The Bertz CT molecular complexity index is 1140. The molecule has 0 bridgehead atoms. The van der Waals surface area contributed by atoms with Crippen LogP contribution in [0.4, 0.5) is 0 Å². The van der Waals surface area contributed by atoms with E-state index in [0.717, 1.165) is 35.6 Å². The first kappa shape index (κ1) is 22.5. The fourth-order valence-corrected chi connectivity index (χ4v) is 4.84. The Morgan fingerprint density at radius 1 is 1.12 bits per heavy atom. The van der Waals surface area contributed by atoms with E-state index in [2.05, 4.69) is 16.4 Å². The van der Waals surface area contributed by atoms with Crippen molar-refractivity contribution in [3.8, 4) is 23.0 Å². The lowest BCUT2D eigenvalue weighted by molar-refractivity contribution is 0.0486. The Hall–Kier alpha value is -3.30. The summed E-state index contributed by atoms with van der Waals surface area (Å²) >= 11 is 1.52. The van der Waals surface area contributed by atoms with E-state index in [1.807, 2.05) is 17.5 Å². The second-order valence-electron chi connectivity index (χ2n) is 8.28. The molecule has 2 aliphatic heterocycles. The van der Waals surface area contributed by atoms with Crippen molar-refractivity contribution in [3.63, 3.8) is 0 Å². The van der Waals surface area contributed by atoms with Gasteiger partial charge in [-0.15, -0.1) is 11.3 Å². The number of thiazole rings is 1. The molecule has 3 heterocycles. The molecule has 1 saturated heterocycles. The number of nitrogens with zero attached hydrogens (tertiary/aromatic N) is 1. The van der Waals surface area contributed by atoms with Crippen molar-refractivity contribution in [2.45, 2.75) is 24.9 Å². The van der Waals surface area contributed by atoms with E-state index in [1.54, 1.807) is 30.8 Å². The second-order valence-corrected chi connectivity index (χ2v) is 9.00. The third-order valence-corrected chi connectivity index (χ3v) is 6.94. The van der Waals surface area contributed by atoms with E-state index in [-0.39, 0.29) is 18.1 Å². The van der Waals surface area contributed by atoms with Gasteiger partial charge in [0.25, 0.3) is 5.91 Å². The summed E-state index contributed by atoms with van der Waals surface area (Å²) in [6.07, 6.45) is 1.61. The predicted molar refractivity (Wildman–Crippen MR) is 126 cm³/mol. The molecule has 178 valence electrons. The maximum atomic E-state index is 13.1. The zero-order chi connectivity index (χ0) is 23.4. The summed E-state index contributed by atoms with van der Waals surface area (Å²) in [5, 5.41) is 5.06. The summed E-state index contributed by atoms with van der Waals surface area (Å²) in [5.74, 6) is 2.38. The van der Waals surface area contributed by atoms with Crippen molar-refractivity contribution in [2.24, 2.45) is 0 Å². The number of carbonyl (C=O) groups excluding carboxylic acids is 1. The average Bonchev–Trinajstić information content (AvgIpc) is 3.58. The molecule has 5 rings (SSSR count). The third kappa shape index (κ3) is 4.67. The van der Waals surface area contributed by atoms with Gasteiger partial charge in [0.15, 0.2) is 23.0 Å². The molecule has 2 aliphatic rings.